The minimum atomic E-state index is -0.0837. The highest BCUT2D eigenvalue weighted by Crippen LogP contribution is 2.32. The van der Waals surface area contributed by atoms with Crippen LogP contribution in [0, 0.1) is 0 Å². The summed E-state index contributed by atoms with van der Waals surface area (Å²) >= 11 is 0. The van der Waals surface area contributed by atoms with Crippen molar-refractivity contribution in [2.45, 2.75) is 45.3 Å². The quantitative estimate of drug-likeness (QED) is 0.288. The lowest BCUT2D eigenvalue weighted by atomic mass is 10.1. The summed E-state index contributed by atoms with van der Waals surface area (Å²) < 4.78 is 19.3. The monoisotopic (exact) mass is 529 g/mol. The van der Waals surface area contributed by atoms with E-state index >= 15 is 0 Å². The second kappa shape index (κ2) is 12.0. The second-order valence-electron chi connectivity index (χ2n) is 9.90. The van der Waals surface area contributed by atoms with Crippen LogP contribution in [0.5, 0.6) is 5.88 Å². The van der Waals surface area contributed by atoms with Crippen molar-refractivity contribution in [1.29, 1.82) is 0 Å². The number of nitrogens with one attached hydrogen (secondary N) is 1. The first-order chi connectivity index (χ1) is 19.3. The van der Waals surface area contributed by atoms with Crippen molar-refractivity contribution in [3.8, 4) is 17.1 Å². The molecule has 1 aromatic carbocycles. The number of ether oxygens (including phenoxy) is 3. The summed E-state index contributed by atoms with van der Waals surface area (Å²) in [6, 6.07) is 12.2. The van der Waals surface area contributed by atoms with Crippen molar-refractivity contribution in [1.82, 2.24) is 24.5 Å². The topological polar surface area (TPSA) is 99.5 Å². The van der Waals surface area contributed by atoms with Gasteiger partial charge in [0, 0.05) is 48.9 Å². The summed E-state index contributed by atoms with van der Waals surface area (Å²) in [5.74, 6) is 1.11. The number of hydrogen-bond acceptors (Lipinski definition) is 9. The number of imidazole rings is 1. The number of nitrogens with zero attached hydrogens (tertiary/aromatic N) is 6. The molecule has 2 aliphatic heterocycles. The number of morpholine rings is 1. The van der Waals surface area contributed by atoms with E-state index in [0.29, 0.717) is 18.4 Å². The molecule has 6 rings (SSSR count). The van der Waals surface area contributed by atoms with E-state index in [1.165, 1.54) is 5.69 Å². The summed E-state index contributed by atoms with van der Waals surface area (Å²) in [6.45, 7) is 6.86. The molecule has 1 unspecified atom stereocenters. The largest absolute Gasteiger partial charge is 0.478 e. The average molecular weight is 530 g/mol. The van der Waals surface area contributed by atoms with Crippen LogP contribution in [0.3, 0.4) is 0 Å². The third-order valence-corrected chi connectivity index (χ3v) is 7.14. The fourth-order valence-corrected chi connectivity index (χ4v) is 4.96. The standard InChI is InChI=1S/C29H35N7O3/c1-2-3-15-38-24-12-7-21(19-30-24)26-27-28(36(20-31-27)25-6-4-5-16-39-25)34-29(33-26)32-22-8-10-23(11-9-22)35-13-17-37-18-14-35/h7-12,19-20,25H,2-6,13-18H2,1H3,(H,32,33,34). The highest BCUT2D eigenvalue weighted by molar-refractivity contribution is 5.88. The molecule has 0 amide bonds. The number of unbranched alkanes of at least 4 members (excludes halogenated alkanes) is 1. The Kier molecular flexibility index (Phi) is 7.83. The molecule has 2 saturated heterocycles. The fraction of sp³-hybridized carbons (Fsp3) is 0.448. The van der Waals surface area contributed by atoms with Crippen LogP contribution in [0.2, 0.25) is 0 Å². The molecular formula is C29H35N7O3. The number of pyridine rings is 1. The van der Waals surface area contributed by atoms with Gasteiger partial charge in [0.15, 0.2) is 5.65 Å². The molecule has 0 bridgehead atoms. The zero-order valence-corrected chi connectivity index (χ0v) is 22.4. The Morgan fingerprint density at radius 3 is 2.62 bits per heavy atom. The number of anilines is 3. The average Bonchev–Trinajstić information content (AvgIpc) is 3.43. The molecule has 5 heterocycles. The Morgan fingerprint density at radius 1 is 1.00 bits per heavy atom. The minimum Gasteiger partial charge on any atom is -0.478 e. The van der Waals surface area contributed by atoms with Gasteiger partial charge >= 0.3 is 0 Å². The lowest BCUT2D eigenvalue weighted by Gasteiger charge is -2.28. The number of hydrogen-bond donors (Lipinski definition) is 1. The number of fused-ring (bicyclic) bond motifs is 1. The molecule has 3 aromatic heterocycles. The van der Waals surface area contributed by atoms with Crippen LogP contribution >= 0.6 is 0 Å². The molecule has 10 heteroatoms. The van der Waals surface area contributed by atoms with E-state index in [4.69, 9.17) is 29.2 Å². The van der Waals surface area contributed by atoms with Crippen molar-refractivity contribution in [2.75, 3.05) is 49.7 Å². The molecule has 39 heavy (non-hydrogen) atoms. The van der Waals surface area contributed by atoms with E-state index < -0.39 is 0 Å². The zero-order chi connectivity index (χ0) is 26.4. The lowest BCUT2D eigenvalue weighted by molar-refractivity contribution is -0.0298. The van der Waals surface area contributed by atoms with E-state index in [1.54, 1.807) is 6.20 Å². The van der Waals surface area contributed by atoms with Gasteiger partial charge in [-0.15, -0.1) is 0 Å². The van der Waals surface area contributed by atoms with Gasteiger partial charge in [0.1, 0.15) is 17.4 Å². The van der Waals surface area contributed by atoms with Crippen molar-refractivity contribution in [2.24, 2.45) is 0 Å². The highest BCUT2D eigenvalue weighted by atomic mass is 16.5. The van der Waals surface area contributed by atoms with Gasteiger partial charge in [-0.25, -0.2) is 15.0 Å². The van der Waals surface area contributed by atoms with Crippen molar-refractivity contribution < 1.29 is 14.2 Å². The third-order valence-electron chi connectivity index (χ3n) is 7.14. The van der Waals surface area contributed by atoms with Crippen molar-refractivity contribution in [3.63, 3.8) is 0 Å². The molecule has 4 aromatic rings. The van der Waals surface area contributed by atoms with Crippen LogP contribution in [0.15, 0.2) is 48.9 Å². The maximum absolute atomic E-state index is 6.07. The van der Waals surface area contributed by atoms with Crippen LogP contribution in [-0.2, 0) is 9.47 Å². The summed E-state index contributed by atoms with van der Waals surface area (Å²) in [4.78, 5) is 21.4. The van der Waals surface area contributed by atoms with Gasteiger partial charge < -0.3 is 24.4 Å². The first-order valence-corrected chi connectivity index (χ1v) is 13.9. The number of rotatable bonds is 9. The Balaban J connectivity index is 1.32. The summed E-state index contributed by atoms with van der Waals surface area (Å²) in [5.41, 5.74) is 5.12. The summed E-state index contributed by atoms with van der Waals surface area (Å²) in [5, 5.41) is 3.41. The van der Waals surface area contributed by atoms with Gasteiger partial charge in [-0.1, -0.05) is 13.3 Å². The number of aromatic nitrogens is 5. The molecule has 0 saturated carbocycles. The summed E-state index contributed by atoms with van der Waals surface area (Å²) in [6.07, 6.45) is 8.73. The SMILES string of the molecule is CCCCOc1ccc(-c2nc(Nc3ccc(N4CCOCC4)cc3)nc3c2ncn3C2CCCCO2)cn1. The molecule has 0 aliphatic carbocycles. The molecule has 204 valence electrons. The molecule has 0 radical (unpaired) electrons. The molecule has 2 aliphatic rings. The maximum atomic E-state index is 6.07. The smallest absolute Gasteiger partial charge is 0.229 e. The Hall–Kier alpha value is -3.76. The van der Waals surface area contributed by atoms with E-state index in [9.17, 15) is 0 Å². The van der Waals surface area contributed by atoms with Crippen LogP contribution < -0.4 is 15.0 Å². The molecular weight excluding hydrogens is 494 g/mol. The molecule has 2 fully saturated rings. The predicted octanol–water partition coefficient (Wildman–Crippen LogP) is 5.35. The normalized spacial score (nSPS) is 17.9. The fourth-order valence-electron chi connectivity index (χ4n) is 4.96. The second-order valence-corrected chi connectivity index (χ2v) is 9.90. The van der Waals surface area contributed by atoms with E-state index in [0.717, 1.165) is 93.1 Å². The van der Waals surface area contributed by atoms with Gasteiger partial charge in [-0.2, -0.15) is 4.98 Å². The van der Waals surface area contributed by atoms with E-state index in [2.05, 4.69) is 46.4 Å². The molecule has 1 atom stereocenters. The van der Waals surface area contributed by atoms with Gasteiger partial charge in [0.2, 0.25) is 11.8 Å². The van der Waals surface area contributed by atoms with E-state index in [1.807, 2.05) is 23.0 Å². The Morgan fingerprint density at radius 2 is 1.87 bits per heavy atom. The van der Waals surface area contributed by atoms with Gasteiger partial charge in [-0.3, -0.25) is 4.57 Å². The third kappa shape index (κ3) is 5.81. The Bertz CT molecular complexity index is 1360. The summed E-state index contributed by atoms with van der Waals surface area (Å²) in [7, 11) is 0. The maximum Gasteiger partial charge on any atom is 0.229 e. The van der Waals surface area contributed by atoms with Crippen LogP contribution in [0.25, 0.3) is 22.4 Å². The first-order valence-electron chi connectivity index (χ1n) is 13.9. The van der Waals surface area contributed by atoms with Gasteiger partial charge in [0.05, 0.1) is 26.1 Å². The van der Waals surface area contributed by atoms with Gasteiger partial charge in [-0.05, 0) is 56.0 Å². The highest BCUT2D eigenvalue weighted by Gasteiger charge is 2.22. The first kappa shape index (κ1) is 25.5. The number of benzene rings is 1. The Labute approximate surface area is 228 Å². The molecule has 1 N–H and O–H groups in total. The zero-order valence-electron chi connectivity index (χ0n) is 22.4. The van der Waals surface area contributed by atoms with Crippen LogP contribution in [0.1, 0.15) is 45.3 Å². The van der Waals surface area contributed by atoms with Gasteiger partial charge in [0.25, 0.3) is 0 Å². The van der Waals surface area contributed by atoms with Crippen molar-refractivity contribution >= 4 is 28.5 Å². The predicted molar refractivity (Wildman–Crippen MR) is 151 cm³/mol. The molecule has 0 spiro atoms. The van der Waals surface area contributed by atoms with Crippen LogP contribution in [0.4, 0.5) is 17.3 Å². The van der Waals surface area contributed by atoms with Crippen LogP contribution in [-0.4, -0.2) is 64.0 Å². The minimum absolute atomic E-state index is 0.0837. The molecule has 10 nitrogen and oxygen atoms in total. The van der Waals surface area contributed by atoms with Crippen molar-refractivity contribution in [3.05, 3.63) is 48.9 Å². The lowest BCUT2D eigenvalue weighted by Crippen LogP contribution is -2.36. The van der Waals surface area contributed by atoms with E-state index in [-0.39, 0.29) is 6.23 Å².